The normalized spacial score (nSPS) is 24.9. The minimum Gasteiger partial charge on any atom is -0.441 e. The molecule has 1 amide bonds. The van der Waals surface area contributed by atoms with Gasteiger partial charge in [-0.3, -0.25) is 4.90 Å². The molecule has 5 nitrogen and oxygen atoms in total. The molecule has 25 heavy (non-hydrogen) atoms. The number of carbonyl (C=O) groups is 1. The highest BCUT2D eigenvalue weighted by Gasteiger charge is 2.44. The molecule has 0 bridgehead atoms. The molecule has 1 aromatic carbocycles. The third-order valence-corrected chi connectivity index (χ3v) is 5.77. The van der Waals surface area contributed by atoms with E-state index < -0.39 is 0 Å². The van der Waals surface area contributed by atoms with Crippen LogP contribution >= 0.6 is 0 Å². The van der Waals surface area contributed by atoms with Gasteiger partial charge in [0.1, 0.15) is 5.60 Å². The number of likely N-dealkylation sites (tertiary alicyclic amines) is 1. The molecule has 3 heterocycles. The van der Waals surface area contributed by atoms with Gasteiger partial charge in [0.15, 0.2) is 0 Å². The largest absolute Gasteiger partial charge is 0.441 e. The first-order chi connectivity index (χ1) is 12.1. The van der Waals surface area contributed by atoms with Gasteiger partial charge in [-0.1, -0.05) is 12.1 Å². The third kappa shape index (κ3) is 3.01. The lowest BCUT2D eigenvalue weighted by atomic mass is 9.95. The lowest BCUT2D eigenvalue weighted by molar-refractivity contribution is 0.0443. The topological polar surface area (TPSA) is 37.7 Å². The van der Waals surface area contributed by atoms with Crippen molar-refractivity contribution in [2.75, 3.05) is 26.7 Å². The van der Waals surface area contributed by atoms with Gasteiger partial charge in [0.05, 0.1) is 6.54 Å². The molecule has 2 saturated heterocycles. The van der Waals surface area contributed by atoms with Crippen molar-refractivity contribution in [3.8, 4) is 0 Å². The van der Waals surface area contributed by atoms with Crippen molar-refractivity contribution in [1.29, 1.82) is 0 Å². The van der Waals surface area contributed by atoms with E-state index in [0.29, 0.717) is 0 Å². The first-order valence-electron chi connectivity index (χ1n) is 9.33. The predicted molar refractivity (Wildman–Crippen MR) is 98.6 cm³/mol. The van der Waals surface area contributed by atoms with Crippen LogP contribution in [-0.4, -0.2) is 52.7 Å². The summed E-state index contributed by atoms with van der Waals surface area (Å²) in [6, 6.07) is 8.85. The predicted octanol–water partition coefficient (Wildman–Crippen LogP) is 3.47. The number of benzene rings is 1. The summed E-state index contributed by atoms with van der Waals surface area (Å²) in [5, 5.41) is 1.36. The third-order valence-electron chi connectivity index (χ3n) is 5.77. The molecule has 0 radical (unpaired) electrons. The minimum atomic E-state index is -0.266. The highest BCUT2D eigenvalue weighted by Crippen LogP contribution is 2.33. The van der Waals surface area contributed by atoms with Crippen molar-refractivity contribution in [3.63, 3.8) is 0 Å². The second-order valence-electron chi connectivity index (χ2n) is 7.49. The van der Waals surface area contributed by atoms with Gasteiger partial charge in [-0.15, -0.1) is 0 Å². The number of fused-ring (bicyclic) bond motifs is 1. The maximum Gasteiger partial charge on any atom is 0.410 e. The number of amides is 1. The van der Waals surface area contributed by atoms with Crippen molar-refractivity contribution in [3.05, 3.63) is 36.0 Å². The Morgan fingerprint density at radius 2 is 2.08 bits per heavy atom. The fourth-order valence-corrected chi connectivity index (χ4v) is 4.38. The summed E-state index contributed by atoms with van der Waals surface area (Å²) in [5.74, 6) is 0. The fraction of sp³-hybridized carbons (Fsp3) is 0.550. The van der Waals surface area contributed by atoms with Gasteiger partial charge in [-0.05, 0) is 44.0 Å². The smallest absolute Gasteiger partial charge is 0.410 e. The molecule has 5 heteroatoms. The summed E-state index contributed by atoms with van der Waals surface area (Å²) >= 11 is 0. The zero-order chi connectivity index (χ0) is 17.4. The second-order valence-corrected chi connectivity index (χ2v) is 7.49. The molecule has 2 aliphatic rings. The molecule has 0 unspecified atom stereocenters. The molecule has 0 saturated carbocycles. The highest BCUT2D eigenvalue weighted by atomic mass is 16.6. The first kappa shape index (κ1) is 16.5. The van der Waals surface area contributed by atoms with Gasteiger partial charge in [0, 0.05) is 50.2 Å². The number of hydrogen-bond donors (Lipinski definition) is 0. The number of hydrogen-bond acceptors (Lipinski definition) is 3. The van der Waals surface area contributed by atoms with E-state index in [0.717, 1.165) is 52.0 Å². The summed E-state index contributed by atoms with van der Waals surface area (Å²) in [7, 11) is 1.83. The van der Waals surface area contributed by atoms with E-state index >= 15 is 0 Å². The molecule has 1 aromatic heterocycles. The first-order valence-corrected chi connectivity index (χ1v) is 9.33. The van der Waals surface area contributed by atoms with Crippen molar-refractivity contribution in [1.82, 2.24) is 14.4 Å². The van der Waals surface area contributed by atoms with E-state index in [1.807, 2.05) is 7.05 Å². The number of likely N-dealkylation sites (N-methyl/N-ethyl adjacent to an activating group) is 1. The van der Waals surface area contributed by atoms with Crippen LogP contribution in [0.5, 0.6) is 0 Å². The zero-order valence-corrected chi connectivity index (χ0v) is 15.2. The van der Waals surface area contributed by atoms with Crippen LogP contribution < -0.4 is 0 Å². The van der Waals surface area contributed by atoms with Gasteiger partial charge in [0.2, 0.25) is 0 Å². The van der Waals surface area contributed by atoms with Crippen LogP contribution in [0.1, 0.15) is 31.7 Å². The molecule has 1 atom stereocenters. The second kappa shape index (κ2) is 6.37. The van der Waals surface area contributed by atoms with Gasteiger partial charge < -0.3 is 14.2 Å². The Morgan fingerprint density at radius 3 is 2.84 bits per heavy atom. The number of aryl methyl sites for hydroxylation is 1. The monoisotopic (exact) mass is 341 g/mol. The van der Waals surface area contributed by atoms with Gasteiger partial charge in [-0.25, -0.2) is 4.79 Å². The molecular formula is C20H27N3O2. The Kier molecular flexibility index (Phi) is 4.20. The maximum absolute atomic E-state index is 11.8. The Morgan fingerprint density at radius 1 is 1.20 bits per heavy atom. The molecule has 4 rings (SSSR count). The molecule has 2 fully saturated rings. The van der Waals surface area contributed by atoms with Crippen LogP contribution in [0.3, 0.4) is 0 Å². The van der Waals surface area contributed by atoms with E-state index in [4.69, 9.17) is 4.74 Å². The molecule has 134 valence electrons. The Bertz CT molecular complexity index is 784. The van der Waals surface area contributed by atoms with Crippen LogP contribution in [0.25, 0.3) is 10.9 Å². The van der Waals surface area contributed by atoms with E-state index in [1.165, 1.54) is 16.5 Å². The number of carbonyl (C=O) groups excluding carboxylic acids is 1. The average Bonchev–Trinajstić information content (AvgIpc) is 3.08. The lowest BCUT2D eigenvalue weighted by Crippen LogP contribution is -2.35. The summed E-state index contributed by atoms with van der Waals surface area (Å²) in [5.41, 5.74) is 2.44. The fourth-order valence-electron chi connectivity index (χ4n) is 4.38. The molecule has 2 aromatic rings. The molecule has 0 aliphatic carbocycles. The van der Waals surface area contributed by atoms with Gasteiger partial charge in [0.25, 0.3) is 0 Å². The molecule has 2 aliphatic heterocycles. The summed E-state index contributed by atoms with van der Waals surface area (Å²) in [6.45, 7) is 6.91. The number of rotatable bonds is 3. The van der Waals surface area contributed by atoms with Crippen molar-refractivity contribution in [2.24, 2.45) is 0 Å². The Labute approximate surface area is 149 Å². The minimum absolute atomic E-state index is 0.167. The maximum atomic E-state index is 11.8. The van der Waals surface area contributed by atoms with E-state index in [-0.39, 0.29) is 11.7 Å². The lowest BCUT2D eigenvalue weighted by Gasteiger charge is -2.25. The van der Waals surface area contributed by atoms with Crippen molar-refractivity contribution >= 4 is 17.0 Å². The van der Waals surface area contributed by atoms with E-state index in [1.54, 1.807) is 4.90 Å². The van der Waals surface area contributed by atoms with Crippen molar-refractivity contribution < 1.29 is 9.53 Å². The van der Waals surface area contributed by atoms with Crippen molar-refractivity contribution in [2.45, 2.75) is 44.9 Å². The quantitative estimate of drug-likeness (QED) is 0.858. The van der Waals surface area contributed by atoms with Crippen LogP contribution in [0, 0.1) is 0 Å². The van der Waals surface area contributed by atoms with Crippen LogP contribution in [0.15, 0.2) is 30.5 Å². The summed E-state index contributed by atoms with van der Waals surface area (Å²) < 4.78 is 8.02. The number of nitrogens with zero attached hydrogens (tertiary/aromatic N) is 3. The van der Waals surface area contributed by atoms with E-state index in [2.05, 4.69) is 46.9 Å². The number of ether oxygens (including phenoxy) is 1. The van der Waals surface area contributed by atoms with Crippen LogP contribution in [-0.2, 0) is 17.8 Å². The van der Waals surface area contributed by atoms with Crippen LogP contribution in [0.4, 0.5) is 4.79 Å². The Balaban J connectivity index is 1.49. The molecular weight excluding hydrogens is 314 g/mol. The zero-order valence-electron chi connectivity index (χ0n) is 15.2. The van der Waals surface area contributed by atoms with E-state index in [9.17, 15) is 4.79 Å². The standard InChI is InChI=1S/C20H27N3O2/c1-3-23-12-8-17-16(6-4-7-18(17)23)14-22-11-5-9-20(10-13-22)15-21(2)19(24)25-20/h4,6-8,12H,3,5,9-11,13-15H2,1-2H3/t20-/m0/s1. The molecule has 0 N–H and O–H groups in total. The summed E-state index contributed by atoms with van der Waals surface area (Å²) in [6.07, 6.45) is 4.98. The number of aromatic nitrogens is 1. The van der Waals surface area contributed by atoms with Gasteiger partial charge in [-0.2, -0.15) is 0 Å². The highest BCUT2D eigenvalue weighted by molar-refractivity contribution is 5.83. The SMILES string of the molecule is CCn1ccc2c(CN3CCC[C@]4(CC3)CN(C)C(=O)O4)cccc21. The summed E-state index contributed by atoms with van der Waals surface area (Å²) in [4.78, 5) is 16.0. The molecule has 1 spiro atoms. The Hall–Kier alpha value is -2.01. The van der Waals surface area contributed by atoms with Crippen LogP contribution in [0.2, 0.25) is 0 Å². The average molecular weight is 341 g/mol. The van der Waals surface area contributed by atoms with Gasteiger partial charge >= 0.3 is 6.09 Å².